The van der Waals surface area contributed by atoms with E-state index in [2.05, 4.69) is 15.3 Å². The first-order valence-electron chi connectivity index (χ1n) is 7.63. The number of amides is 1. The molecule has 2 heterocycles. The van der Waals surface area contributed by atoms with E-state index >= 15 is 0 Å². The van der Waals surface area contributed by atoms with Crippen molar-refractivity contribution in [1.29, 1.82) is 0 Å². The average Bonchev–Trinajstić information content (AvgIpc) is 2.71. The molecule has 5 nitrogen and oxygen atoms in total. The Balaban J connectivity index is 2.35. The molecule has 1 aliphatic heterocycles. The van der Waals surface area contributed by atoms with Crippen LogP contribution >= 0.6 is 23.2 Å². The normalized spacial score (nSPS) is 16.9. The fraction of sp³-hybridized carbons (Fsp3) is 0.235. The Bertz CT molecular complexity index is 961. The molecular formula is C17H12Cl2F3N3O2. The first kappa shape index (κ1) is 19.4. The number of ether oxygens (including phenoxy) is 1. The van der Waals surface area contributed by atoms with Gasteiger partial charge in [0.1, 0.15) is 11.7 Å². The second-order valence-electron chi connectivity index (χ2n) is 5.67. The van der Waals surface area contributed by atoms with Gasteiger partial charge in [0.25, 0.3) is 0 Å². The summed E-state index contributed by atoms with van der Waals surface area (Å²) in [6.45, 7) is 1.49. The highest BCUT2D eigenvalue weighted by molar-refractivity contribution is 6.40. The van der Waals surface area contributed by atoms with Gasteiger partial charge in [-0.05, 0) is 25.1 Å². The fourth-order valence-electron chi connectivity index (χ4n) is 2.57. The third kappa shape index (κ3) is 3.59. The molecule has 0 saturated heterocycles. The molecule has 1 N–H and O–H groups in total. The molecule has 1 aromatic carbocycles. The van der Waals surface area contributed by atoms with Gasteiger partial charge in [0, 0.05) is 11.6 Å². The van der Waals surface area contributed by atoms with Gasteiger partial charge in [0.2, 0.25) is 11.8 Å². The number of hydrogen-bond donors (Lipinski definition) is 1. The maximum Gasteiger partial charge on any atom is 0.417 e. The van der Waals surface area contributed by atoms with Crippen LogP contribution in [0.5, 0.6) is 5.88 Å². The number of nitrogens with one attached hydrogen (secondary N) is 1. The Morgan fingerprint density at radius 1 is 1.19 bits per heavy atom. The molecule has 1 amide bonds. The monoisotopic (exact) mass is 417 g/mol. The smallest absolute Gasteiger partial charge is 0.417 e. The van der Waals surface area contributed by atoms with Gasteiger partial charge in [-0.25, -0.2) is 4.98 Å². The van der Waals surface area contributed by atoms with E-state index in [0.29, 0.717) is 0 Å². The zero-order valence-electron chi connectivity index (χ0n) is 14.0. The Kier molecular flexibility index (Phi) is 5.05. The van der Waals surface area contributed by atoms with Gasteiger partial charge < -0.3 is 10.1 Å². The highest BCUT2D eigenvalue weighted by Crippen LogP contribution is 2.41. The topological polar surface area (TPSA) is 63.6 Å². The van der Waals surface area contributed by atoms with Gasteiger partial charge >= 0.3 is 6.18 Å². The molecule has 1 atom stereocenters. The summed E-state index contributed by atoms with van der Waals surface area (Å²) in [4.78, 5) is 20.6. The van der Waals surface area contributed by atoms with Crippen molar-refractivity contribution in [1.82, 2.24) is 4.98 Å². The lowest BCUT2D eigenvalue weighted by Gasteiger charge is -2.17. The van der Waals surface area contributed by atoms with Crippen LogP contribution in [0.1, 0.15) is 23.7 Å². The third-order valence-electron chi connectivity index (χ3n) is 3.90. The number of halogens is 5. The maximum atomic E-state index is 13.3. The van der Waals surface area contributed by atoms with Crippen molar-refractivity contribution in [3.05, 3.63) is 51.1 Å². The molecule has 0 spiro atoms. The van der Waals surface area contributed by atoms with Crippen LogP contribution in [-0.2, 0) is 11.0 Å². The lowest BCUT2D eigenvalue weighted by atomic mass is 10.0. The Hall–Kier alpha value is -2.32. The van der Waals surface area contributed by atoms with E-state index in [1.807, 2.05) is 0 Å². The molecule has 1 aromatic heterocycles. The number of aliphatic imine (C=N–C) groups is 1. The summed E-state index contributed by atoms with van der Waals surface area (Å²) >= 11 is 12.3. The number of carbonyl (C=O) groups excluding carboxylic acids is 1. The van der Waals surface area contributed by atoms with Crippen LogP contribution in [0.15, 0.2) is 29.3 Å². The Labute approximate surface area is 162 Å². The summed E-state index contributed by atoms with van der Waals surface area (Å²) < 4.78 is 45.0. The minimum Gasteiger partial charge on any atom is -0.481 e. The van der Waals surface area contributed by atoms with Crippen LogP contribution in [0.4, 0.5) is 18.9 Å². The van der Waals surface area contributed by atoms with E-state index in [9.17, 15) is 18.0 Å². The minimum atomic E-state index is -4.69. The summed E-state index contributed by atoms with van der Waals surface area (Å²) in [6, 6.07) is 3.99. The van der Waals surface area contributed by atoms with Crippen molar-refractivity contribution in [3.63, 3.8) is 0 Å². The summed E-state index contributed by atoms with van der Waals surface area (Å²) in [7, 11) is 1.38. The summed E-state index contributed by atoms with van der Waals surface area (Å²) in [5.41, 5.74) is -1.05. The molecule has 0 fully saturated rings. The molecule has 0 radical (unpaired) electrons. The molecule has 3 rings (SSSR count). The lowest BCUT2D eigenvalue weighted by molar-refractivity contribution is -0.137. The number of benzene rings is 1. The number of alkyl halides is 3. The second-order valence-corrected chi connectivity index (χ2v) is 6.46. The predicted octanol–water partition coefficient (Wildman–Crippen LogP) is 4.59. The largest absolute Gasteiger partial charge is 0.481 e. The summed E-state index contributed by atoms with van der Waals surface area (Å²) in [5.74, 6) is -0.320. The molecule has 0 unspecified atom stereocenters. The number of fused-ring (bicyclic) bond motifs is 1. The highest BCUT2D eigenvalue weighted by Gasteiger charge is 2.37. The highest BCUT2D eigenvalue weighted by atomic mass is 35.5. The molecular weight excluding hydrogens is 406 g/mol. The van der Waals surface area contributed by atoms with Gasteiger partial charge in [-0.1, -0.05) is 23.2 Å². The van der Waals surface area contributed by atoms with Crippen LogP contribution in [0, 0.1) is 0 Å². The van der Waals surface area contributed by atoms with Crippen LogP contribution in [-0.4, -0.2) is 29.8 Å². The van der Waals surface area contributed by atoms with E-state index in [1.54, 1.807) is 0 Å². The van der Waals surface area contributed by atoms with Crippen LogP contribution in [0.3, 0.4) is 0 Å². The first-order chi connectivity index (χ1) is 12.6. The van der Waals surface area contributed by atoms with Crippen LogP contribution in [0.25, 0.3) is 0 Å². The number of benzodiazepines with no additional fused rings is 1. The van der Waals surface area contributed by atoms with E-state index < -0.39 is 28.7 Å². The lowest BCUT2D eigenvalue weighted by Crippen LogP contribution is -2.22. The number of carbonyl (C=O) groups is 1. The number of anilines is 1. The number of nitrogens with zero attached hydrogens (tertiary/aromatic N) is 2. The zero-order valence-corrected chi connectivity index (χ0v) is 15.5. The summed E-state index contributed by atoms with van der Waals surface area (Å²) in [5, 5.41) is 2.05. The molecule has 142 valence electrons. The van der Waals surface area contributed by atoms with Crippen molar-refractivity contribution in [2.24, 2.45) is 4.99 Å². The molecule has 27 heavy (non-hydrogen) atoms. The molecule has 10 heteroatoms. The van der Waals surface area contributed by atoms with Crippen LogP contribution < -0.4 is 10.1 Å². The van der Waals surface area contributed by atoms with Crippen LogP contribution in [0.2, 0.25) is 10.0 Å². The number of aromatic nitrogens is 1. The average molecular weight is 418 g/mol. The predicted molar refractivity (Wildman–Crippen MR) is 96.0 cm³/mol. The second kappa shape index (κ2) is 7.01. The SMILES string of the molecule is COc1ccc(Cl)c(C2=N[C@@H](C)C(=O)Nc3ccc(C(F)(F)F)c(Cl)c32)n1. The first-order valence-corrected chi connectivity index (χ1v) is 8.38. The summed E-state index contributed by atoms with van der Waals surface area (Å²) in [6.07, 6.45) is -4.69. The molecule has 1 aliphatic rings. The van der Waals surface area contributed by atoms with Crippen molar-refractivity contribution >= 4 is 40.5 Å². The number of rotatable bonds is 2. The van der Waals surface area contributed by atoms with E-state index in [4.69, 9.17) is 27.9 Å². The molecule has 0 bridgehead atoms. The fourth-order valence-corrected chi connectivity index (χ4v) is 3.12. The van der Waals surface area contributed by atoms with Crippen molar-refractivity contribution < 1.29 is 22.7 Å². The van der Waals surface area contributed by atoms with Gasteiger partial charge in [0.15, 0.2) is 0 Å². The van der Waals surface area contributed by atoms with E-state index in [1.165, 1.54) is 26.2 Å². The zero-order chi connectivity index (χ0) is 19.9. The van der Waals surface area contributed by atoms with Gasteiger partial charge in [-0.3, -0.25) is 9.79 Å². The van der Waals surface area contributed by atoms with Gasteiger partial charge in [0.05, 0.1) is 34.1 Å². The third-order valence-corrected chi connectivity index (χ3v) is 4.60. The molecule has 2 aromatic rings. The van der Waals surface area contributed by atoms with E-state index in [-0.39, 0.29) is 33.6 Å². The number of methoxy groups -OCH3 is 1. The molecule has 0 aliphatic carbocycles. The van der Waals surface area contributed by atoms with Gasteiger partial charge in [-0.15, -0.1) is 0 Å². The van der Waals surface area contributed by atoms with Crippen molar-refractivity contribution in [3.8, 4) is 5.88 Å². The number of pyridine rings is 1. The minimum absolute atomic E-state index is 0.0316. The Morgan fingerprint density at radius 3 is 2.52 bits per heavy atom. The maximum absolute atomic E-state index is 13.3. The van der Waals surface area contributed by atoms with Gasteiger partial charge in [-0.2, -0.15) is 13.2 Å². The van der Waals surface area contributed by atoms with Crippen molar-refractivity contribution in [2.45, 2.75) is 19.1 Å². The molecule has 0 saturated carbocycles. The van der Waals surface area contributed by atoms with Crippen molar-refractivity contribution in [2.75, 3.05) is 12.4 Å². The van der Waals surface area contributed by atoms with E-state index in [0.717, 1.165) is 12.1 Å². The quantitative estimate of drug-likeness (QED) is 0.776. The Morgan fingerprint density at radius 2 is 1.89 bits per heavy atom. The number of hydrogen-bond acceptors (Lipinski definition) is 4. The standard InChI is InChI=1S/C17H12Cl2F3N3O2/c1-7-16(26)24-10-5-3-8(17(20,21)22)13(19)12(10)15(23-7)14-9(18)4-6-11(25-14)27-2/h3-7H,1-2H3,(H,24,26)/t7-/m0/s1.